The van der Waals surface area contributed by atoms with Crippen LogP contribution >= 0.6 is 0 Å². The second-order valence-corrected chi connectivity index (χ2v) is 1.34. The number of hydrogen-bond acceptors (Lipinski definition) is 2. The summed E-state index contributed by atoms with van der Waals surface area (Å²) in [6.45, 7) is 0. The molecule has 0 aromatic carbocycles. The normalized spacial score (nSPS) is 5.27. The Hall–Kier alpha value is 8.01. The first-order chi connectivity index (χ1) is 2.00. The van der Waals surface area contributed by atoms with Gasteiger partial charge < -0.3 is 12.6 Å². The van der Waals surface area contributed by atoms with Crippen LogP contribution in [0.4, 0.5) is 0 Å². The van der Waals surface area contributed by atoms with Crippen LogP contribution in [0.2, 0.25) is 0 Å². The van der Waals surface area contributed by atoms with Crippen LogP contribution in [0.25, 0.3) is 0 Å². The van der Waals surface area contributed by atoms with Crippen LogP contribution in [-0.2, 0) is 10.4 Å². The fraction of sp³-hybridized carbons (Fsp3) is 0. The van der Waals surface area contributed by atoms with E-state index in [0.29, 0.717) is 0 Å². The molecule has 0 spiro atoms. The van der Waals surface area contributed by atoms with Gasteiger partial charge in [0.15, 0.2) is 0 Å². The van der Waals surface area contributed by atoms with E-state index >= 15 is 0 Å². The van der Waals surface area contributed by atoms with Gasteiger partial charge in [-0.25, -0.2) is 0 Å². The molecule has 11 heavy (non-hydrogen) atoms. The van der Waals surface area contributed by atoms with Crippen LogP contribution in [0.1, 0.15) is 7.13 Å². The van der Waals surface area contributed by atoms with Crippen molar-refractivity contribution in [3.05, 3.63) is 0 Å². The average Bonchev–Trinajstić information content (AvgIpc) is 0.722. The average molecular weight is 317 g/mol. The second kappa shape index (κ2) is 26.6. The summed E-state index contributed by atoms with van der Waals surface area (Å²) in [7, 11) is -4.67. The van der Waals surface area contributed by atoms with Gasteiger partial charge in [0, 0.05) is 0 Å². The van der Waals surface area contributed by atoms with Crippen molar-refractivity contribution in [2.75, 3.05) is 0 Å². The molecule has 0 fully saturated rings. The van der Waals surface area contributed by atoms with Crippen LogP contribution in [0.5, 0.6) is 0 Å². The molecule has 0 radical (unpaired) electrons. The molecule has 0 atom stereocenters. The summed E-state index contributed by atoms with van der Waals surface area (Å²) in [5.41, 5.74) is 0. The minimum atomic E-state index is -4.67. The van der Waals surface area contributed by atoms with Crippen LogP contribution in [-0.4, -0.2) is 23.0 Å². The number of hydrogen-bond donors (Lipinski definition) is 2. The van der Waals surface area contributed by atoms with Gasteiger partial charge in [0.2, 0.25) is 0 Å². The summed E-state index contributed by atoms with van der Waals surface area (Å²) in [5, 5.41) is 0. The van der Waals surface area contributed by atoms with Crippen molar-refractivity contribution in [3.63, 3.8) is 0 Å². The molecule has 0 heterocycles. The molecule has 0 saturated carbocycles. The number of rotatable bonds is 0. The fourth-order valence-electron chi connectivity index (χ4n) is 0. The van der Waals surface area contributed by atoms with Crippen molar-refractivity contribution in [2.45, 2.75) is 0 Å². The maximum atomic E-state index is 8.74. The van der Waals surface area contributed by atoms with E-state index in [1.54, 1.807) is 0 Å². The van der Waals surface area contributed by atoms with Crippen molar-refractivity contribution >= 4 is 10.4 Å². The summed E-state index contributed by atoms with van der Waals surface area (Å²) >= 11 is 0. The molecule has 0 rings (SSSR count). The monoisotopic (exact) mass is 316 g/mol. The Bertz CT molecular complexity index is 112. The smallest absolute Gasteiger partial charge is 1.00 e. The van der Waals surface area contributed by atoms with Crippen LogP contribution in [0, 0.1) is 0 Å². The minimum absolute atomic E-state index is 0. The first-order valence-electron chi connectivity index (χ1n) is 0.698. The Morgan fingerprint density at radius 2 is 0.818 bits per heavy atom. The van der Waals surface area contributed by atoms with Crippen LogP contribution < -0.4 is 257 Å². The van der Waals surface area contributed by atoms with Gasteiger partial charge in [-0.3, -0.25) is 9.11 Å². The molecule has 0 unspecified atom stereocenters. The molecule has 0 bridgehead atoms. The summed E-state index contributed by atoms with van der Waals surface area (Å²) in [6, 6.07) is 0. The van der Waals surface area contributed by atoms with E-state index in [0.717, 1.165) is 0 Å². The summed E-state index contributed by atoms with van der Waals surface area (Å²) < 4.78 is 31.6. The van der Waals surface area contributed by atoms with Crippen LogP contribution in [0.15, 0.2) is 0 Å². The Balaban J connectivity index is -0.00000000145. The van der Waals surface area contributed by atoms with E-state index in [1.807, 2.05) is 0 Å². The molecular formula is H9K5O5S. The van der Waals surface area contributed by atoms with E-state index in [2.05, 4.69) is 0 Å². The molecule has 0 aliphatic rings. The van der Waals surface area contributed by atoms with Crippen molar-refractivity contribution in [1.82, 2.24) is 0 Å². The SMILES string of the molecule is O.O=S(=O)(O)O.[H-].[H-].[H-].[H-].[H-].[K+].[K+].[K+].[K+].[K+]. The van der Waals surface area contributed by atoms with E-state index in [1.165, 1.54) is 0 Å². The van der Waals surface area contributed by atoms with Crippen molar-refractivity contribution in [3.8, 4) is 0 Å². The van der Waals surface area contributed by atoms with E-state index < -0.39 is 10.4 Å². The van der Waals surface area contributed by atoms with Crippen molar-refractivity contribution in [1.29, 1.82) is 0 Å². The summed E-state index contributed by atoms with van der Waals surface area (Å²) in [4.78, 5) is 0. The zero-order valence-corrected chi connectivity index (χ0v) is 24.1. The largest absolute Gasteiger partial charge is 1.00 e. The molecule has 0 aliphatic heterocycles. The topological polar surface area (TPSA) is 106 Å². The third kappa shape index (κ3) is 71.9. The van der Waals surface area contributed by atoms with Gasteiger partial charge >= 0.3 is 267 Å². The first-order valence-corrected chi connectivity index (χ1v) is 2.10. The quantitative estimate of drug-likeness (QED) is 0.342. The Morgan fingerprint density at radius 1 is 0.818 bits per heavy atom. The zero-order valence-electron chi connectivity index (χ0n) is 12.6. The third-order valence-corrected chi connectivity index (χ3v) is 0. The van der Waals surface area contributed by atoms with Gasteiger partial charge in [0.05, 0.1) is 0 Å². The van der Waals surface area contributed by atoms with E-state index in [4.69, 9.17) is 17.5 Å². The minimum Gasteiger partial charge on any atom is -1.00 e. The molecule has 0 amide bonds. The van der Waals surface area contributed by atoms with E-state index in [-0.39, 0.29) is 270 Å². The van der Waals surface area contributed by atoms with Gasteiger partial charge in [-0.15, -0.1) is 0 Å². The molecule has 5 nitrogen and oxygen atoms in total. The van der Waals surface area contributed by atoms with Gasteiger partial charge in [-0.2, -0.15) is 8.42 Å². The summed E-state index contributed by atoms with van der Waals surface area (Å²) in [5.74, 6) is 0. The van der Waals surface area contributed by atoms with Crippen molar-refractivity contribution in [2.24, 2.45) is 0 Å². The Kier molecular flexibility index (Phi) is 103. The van der Waals surface area contributed by atoms with Gasteiger partial charge in [0.25, 0.3) is 0 Å². The molecule has 0 aromatic rings. The Labute approximate surface area is 287 Å². The molecule has 0 aliphatic carbocycles. The summed E-state index contributed by atoms with van der Waals surface area (Å²) in [6.07, 6.45) is 0. The molecule has 4 N–H and O–H groups in total. The molecule has 0 saturated heterocycles. The zero-order chi connectivity index (χ0) is 4.50. The first kappa shape index (κ1) is 42.7. The van der Waals surface area contributed by atoms with Gasteiger partial charge in [-0.05, 0) is 0 Å². The molecule has 0 aromatic heterocycles. The maximum absolute atomic E-state index is 8.74. The molecule has 11 heteroatoms. The predicted octanol–water partition coefficient (Wildman–Crippen LogP) is -15.9. The van der Waals surface area contributed by atoms with E-state index in [9.17, 15) is 0 Å². The molecular weight excluding hydrogens is 308 g/mol. The maximum Gasteiger partial charge on any atom is 1.00 e. The van der Waals surface area contributed by atoms with Crippen molar-refractivity contribution < 1.29 is 287 Å². The predicted molar refractivity (Wildman–Crippen MR) is 23.4 cm³/mol. The van der Waals surface area contributed by atoms with Gasteiger partial charge in [0.1, 0.15) is 0 Å². The Morgan fingerprint density at radius 3 is 0.818 bits per heavy atom. The van der Waals surface area contributed by atoms with Crippen LogP contribution in [0.3, 0.4) is 0 Å². The second-order valence-electron chi connectivity index (χ2n) is 0.448. The fourth-order valence-corrected chi connectivity index (χ4v) is 0. The standard InChI is InChI=1S/5K.H2O4S.H2O.5H/c;;;;;1-5(2,3)4;;;;;;/h;;;;;(H2,1,2,3,4);1H2;;;;;/q5*+1;;;5*-1. The molecule has 50 valence electrons. The third-order valence-electron chi connectivity index (χ3n) is 0. The van der Waals surface area contributed by atoms with Gasteiger partial charge in [-0.1, -0.05) is 0 Å².